The minimum Gasteiger partial charge on any atom is -0.324 e. The predicted molar refractivity (Wildman–Crippen MR) is 61.3 cm³/mol. The minimum absolute atomic E-state index is 0.0661. The summed E-state index contributed by atoms with van der Waals surface area (Å²) in [6.07, 6.45) is 3.40. The molecule has 78 valence electrons. The molecule has 0 bridgehead atoms. The number of aromatic nitrogens is 2. The van der Waals surface area contributed by atoms with Crippen LogP contribution in [0.4, 0.5) is 0 Å². The number of nitrogens with zero attached hydrogens (tertiary/aromatic N) is 2. The van der Waals surface area contributed by atoms with Crippen LogP contribution in [0.2, 0.25) is 0 Å². The standard InChI is InChI=1S/C12H15N3/c1-8(2)12(13)9-3-4-10-11(7-9)15-6-5-14-10/h3-8,12H,13H2,1-2H3. The SMILES string of the molecule is CC(C)C(N)c1ccc2nccnc2c1. The Labute approximate surface area is 89.4 Å². The maximum Gasteiger partial charge on any atom is 0.0890 e. The van der Waals surface area contributed by atoms with Crippen LogP contribution in [0.3, 0.4) is 0 Å². The molecule has 0 saturated heterocycles. The molecular formula is C12H15N3. The van der Waals surface area contributed by atoms with Gasteiger partial charge in [0.2, 0.25) is 0 Å². The third kappa shape index (κ3) is 1.97. The van der Waals surface area contributed by atoms with Crippen LogP contribution in [0, 0.1) is 5.92 Å². The van der Waals surface area contributed by atoms with Crippen molar-refractivity contribution in [3.63, 3.8) is 0 Å². The van der Waals surface area contributed by atoms with Gasteiger partial charge in [-0.2, -0.15) is 0 Å². The van der Waals surface area contributed by atoms with Gasteiger partial charge in [0.25, 0.3) is 0 Å². The second-order valence-electron chi connectivity index (χ2n) is 4.07. The number of hydrogen-bond acceptors (Lipinski definition) is 3. The average molecular weight is 201 g/mol. The van der Waals surface area contributed by atoms with E-state index < -0.39 is 0 Å². The quantitative estimate of drug-likeness (QED) is 0.811. The van der Waals surface area contributed by atoms with E-state index in [-0.39, 0.29) is 6.04 Å². The molecule has 0 spiro atoms. The Balaban J connectivity index is 2.47. The lowest BCUT2D eigenvalue weighted by molar-refractivity contribution is 0.514. The van der Waals surface area contributed by atoms with Crippen LogP contribution in [0.25, 0.3) is 11.0 Å². The molecule has 1 aromatic heterocycles. The Morgan fingerprint density at radius 2 is 1.73 bits per heavy atom. The lowest BCUT2D eigenvalue weighted by atomic mass is 9.97. The van der Waals surface area contributed by atoms with Crippen molar-refractivity contribution >= 4 is 11.0 Å². The van der Waals surface area contributed by atoms with Crippen molar-refractivity contribution in [2.45, 2.75) is 19.9 Å². The Morgan fingerprint density at radius 3 is 2.40 bits per heavy atom. The van der Waals surface area contributed by atoms with Crippen molar-refractivity contribution in [3.05, 3.63) is 36.2 Å². The van der Waals surface area contributed by atoms with Gasteiger partial charge in [-0.3, -0.25) is 9.97 Å². The van der Waals surface area contributed by atoms with Gasteiger partial charge in [0.05, 0.1) is 11.0 Å². The highest BCUT2D eigenvalue weighted by atomic mass is 14.8. The molecule has 1 aromatic carbocycles. The van der Waals surface area contributed by atoms with Crippen molar-refractivity contribution in [2.75, 3.05) is 0 Å². The highest BCUT2D eigenvalue weighted by Crippen LogP contribution is 2.21. The van der Waals surface area contributed by atoms with Crippen LogP contribution in [0.5, 0.6) is 0 Å². The van der Waals surface area contributed by atoms with E-state index in [0.29, 0.717) is 5.92 Å². The summed E-state index contributed by atoms with van der Waals surface area (Å²) in [6, 6.07) is 6.09. The summed E-state index contributed by atoms with van der Waals surface area (Å²) >= 11 is 0. The molecular weight excluding hydrogens is 186 g/mol. The van der Waals surface area contributed by atoms with Gasteiger partial charge in [-0.05, 0) is 23.6 Å². The first-order valence-electron chi connectivity index (χ1n) is 5.15. The molecule has 3 nitrogen and oxygen atoms in total. The van der Waals surface area contributed by atoms with Gasteiger partial charge in [0.15, 0.2) is 0 Å². The maximum absolute atomic E-state index is 6.08. The van der Waals surface area contributed by atoms with Crippen LogP contribution in [0.15, 0.2) is 30.6 Å². The molecule has 2 aromatic rings. The van der Waals surface area contributed by atoms with Crippen molar-refractivity contribution < 1.29 is 0 Å². The zero-order valence-corrected chi connectivity index (χ0v) is 9.01. The number of rotatable bonds is 2. The van der Waals surface area contributed by atoms with E-state index >= 15 is 0 Å². The van der Waals surface area contributed by atoms with Crippen molar-refractivity contribution in [2.24, 2.45) is 11.7 Å². The molecule has 2 N–H and O–H groups in total. The van der Waals surface area contributed by atoms with Crippen LogP contribution in [0.1, 0.15) is 25.5 Å². The molecule has 0 radical (unpaired) electrons. The zero-order chi connectivity index (χ0) is 10.8. The van der Waals surface area contributed by atoms with E-state index in [4.69, 9.17) is 5.73 Å². The van der Waals surface area contributed by atoms with Crippen LogP contribution in [-0.2, 0) is 0 Å². The Hall–Kier alpha value is -1.48. The van der Waals surface area contributed by atoms with Crippen LogP contribution < -0.4 is 5.73 Å². The molecule has 15 heavy (non-hydrogen) atoms. The second kappa shape index (κ2) is 3.95. The minimum atomic E-state index is 0.0661. The van der Waals surface area contributed by atoms with Gasteiger partial charge in [-0.1, -0.05) is 19.9 Å². The van der Waals surface area contributed by atoms with E-state index in [1.165, 1.54) is 0 Å². The van der Waals surface area contributed by atoms with Crippen LogP contribution in [-0.4, -0.2) is 9.97 Å². The molecule has 1 unspecified atom stereocenters. The molecule has 0 aliphatic heterocycles. The van der Waals surface area contributed by atoms with E-state index in [1.54, 1.807) is 12.4 Å². The highest BCUT2D eigenvalue weighted by Gasteiger charge is 2.10. The molecule has 0 saturated carbocycles. The number of fused-ring (bicyclic) bond motifs is 1. The number of nitrogens with two attached hydrogens (primary N) is 1. The van der Waals surface area contributed by atoms with Gasteiger partial charge in [0.1, 0.15) is 0 Å². The van der Waals surface area contributed by atoms with Crippen molar-refractivity contribution in [3.8, 4) is 0 Å². The summed E-state index contributed by atoms with van der Waals surface area (Å²) < 4.78 is 0. The summed E-state index contributed by atoms with van der Waals surface area (Å²) in [7, 11) is 0. The molecule has 0 amide bonds. The smallest absolute Gasteiger partial charge is 0.0890 e. The van der Waals surface area contributed by atoms with Gasteiger partial charge in [0, 0.05) is 18.4 Å². The first kappa shape index (κ1) is 10.1. The van der Waals surface area contributed by atoms with E-state index in [1.807, 2.05) is 18.2 Å². The second-order valence-corrected chi connectivity index (χ2v) is 4.07. The Bertz CT molecular complexity index is 465. The highest BCUT2D eigenvalue weighted by molar-refractivity contribution is 5.74. The van der Waals surface area contributed by atoms with Gasteiger partial charge in [-0.25, -0.2) is 0 Å². The normalized spacial score (nSPS) is 13.3. The Morgan fingerprint density at radius 1 is 1.07 bits per heavy atom. The topological polar surface area (TPSA) is 51.8 Å². The molecule has 3 heteroatoms. The monoisotopic (exact) mass is 201 g/mol. The molecule has 0 fully saturated rings. The lowest BCUT2D eigenvalue weighted by Crippen LogP contribution is -2.16. The van der Waals surface area contributed by atoms with Crippen LogP contribution >= 0.6 is 0 Å². The summed E-state index contributed by atoms with van der Waals surface area (Å²) in [4.78, 5) is 8.49. The first-order chi connectivity index (χ1) is 7.18. The molecule has 2 rings (SSSR count). The molecule has 0 aliphatic carbocycles. The first-order valence-corrected chi connectivity index (χ1v) is 5.15. The van der Waals surface area contributed by atoms with Gasteiger partial charge in [-0.15, -0.1) is 0 Å². The Kier molecular flexibility index (Phi) is 2.64. The van der Waals surface area contributed by atoms with E-state index in [0.717, 1.165) is 16.6 Å². The van der Waals surface area contributed by atoms with Crippen molar-refractivity contribution in [1.82, 2.24) is 9.97 Å². The summed E-state index contributed by atoms with van der Waals surface area (Å²) in [5, 5.41) is 0. The maximum atomic E-state index is 6.08. The zero-order valence-electron chi connectivity index (χ0n) is 9.01. The molecule has 0 aliphatic rings. The fourth-order valence-electron chi connectivity index (χ4n) is 1.57. The van der Waals surface area contributed by atoms with Crippen molar-refractivity contribution in [1.29, 1.82) is 0 Å². The number of hydrogen-bond donors (Lipinski definition) is 1. The van der Waals surface area contributed by atoms with Gasteiger partial charge >= 0.3 is 0 Å². The third-order valence-corrected chi connectivity index (χ3v) is 2.60. The average Bonchev–Trinajstić information content (AvgIpc) is 2.27. The molecule has 1 heterocycles. The largest absolute Gasteiger partial charge is 0.324 e. The molecule has 1 atom stereocenters. The summed E-state index contributed by atoms with van der Waals surface area (Å²) in [5.74, 6) is 0.430. The fourth-order valence-corrected chi connectivity index (χ4v) is 1.57. The third-order valence-electron chi connectivity index (χ3n) is 2.60. The van der Waals surface area contributed by atoms with E-state index in [2.05, 4.69) is 23.8 Å². The van der Waals surface area contributed by atoms with E-state index in [9.17, 15) is 0 Å². The predicted octanol–water partition coefficient (Wildman–Crippen LogP) is 2.29. The van der Waals surface area contributed by atoms with Gasteiger partial charge < -0.3 is 5.73 Å². The summed E-state index contributed by atoms with van der Waals surface area (Å²) in [5.41, 5.74) is 9.03. The lowest BCUT2D eigenvalue weighted by Gasteiger charge is -2.15. The number of benzene rings is 1. The summed E-state index contributed by atoms with van der Waals surface area (Å²) in [6.45, 7) is 4.23. The fraction of sp³-hybridized carbons (Fsp3) is 0.333.